The maximum absolute atomic E-state index is 13.7. The van der Waals surface area contributed by atoms with Gasteiger partial charge in [0.25, 0.3) is 5.91 Å². The first-order valence-electron chi connectivity index (χ1n) is 13.1. The Hall–Kier alpha value is -5.14. The average molecular weight is 579 g/mol. The number of anilines is 2. The highest BCUT2D eigenvalue weighted by Crippen LogP contribution is 2.34. The molecule has 3 aromatic heterocycles. The van der Waals surface area contributed by atoms with Crippen molar-refractivity contribution in [2.45, 2.75) is 32.9 Å². The number of hydrogen-bond donors (Lipinski definition) is 1. The summed E-state index contributed by atoms with van der Waals surface area (Å²) in [5, 5.41) is 6.31. The lowest BCUT2D eigenvalue weighted by molar-refractivity contribution is -0.0575. The number of nitrogens with zero attached hydrogens (tertiary/aromatic N) is 7. The quantitative estimate of drug-likeness (QED) is 0.340. The third kappa shape index (κ3) is 5.06. The van der Waals surface area contributed by atoms with Crippen molar-refractivity contribution >= 4 is 23.4 Å². The number of nitrogens with one attached hydrogen (secondary N) is 1. The molecule has 5 rings (SSSR count). The molecule has 0 unspecified atom stereocenters. The van der Waals surface area contributed by atoms with Gasteiger partial charge >= 0.3 is 24.3 Å². The van der Waals surface area contributed by atoms with E-state index in [2.05, 4.69) is 25.1 Å². The van der Waals surface area contributed by atoms with Gasteiger partial charge in [-0.05, 0) is 49.7 Å². The number of benzene rings is 1. The zero-order valence-corrected chi connectivity index (χ0v) is 23.3. The molecular formula is C28H28F2N8O4. The van der Waals surface area contributed by atoms with Gasteiger partial charge in [-0.1, -0.05) is 13.0 Å². The van der Waals surface area contributed by atoms with E-state index < -0.39 is 18.3 Å². The summed E-state index contributed by atoms with van der Waals surface area (Å²) in [6.45, 7) is 1.07. The Morgan fingerprint density at radius 1 is 1.14 bits per heavy atom. The van der Waals surface area contributed by atoms with Crippen LogP contribution in [0.5, 0.6) is 6.01 Å². The Morgan fingerprint density at radius 3 is 2.60 bits per heavy atom. The van der Waals surface area contributed by atoms with Gasteiger partial charge in [-0.25, -0.2) is 23.8 Å². The molecule has 12 nitrogen and oxygen atoms in total. The van der Waals surface area contributed by atoms with Crippen molar-refractivity contribution in [3.63, 3.8) is 0 Å². The lowest BCUT2D eigenvalue weighted by atomic mass is 10.0. The Kier molecular flexibility index (Phi) is 7.70. The number of ether oxygens (including phenoxy) is 1. The average Bonchev–Trinajstić information content (AvgIpc) is 3.44. The van der Waals surface area contributed by atoms with Crippen LogP contribution in [0.3, 0.4) is 0 Å². The standard InChI is InChI=1S/C28H28F2N8O4/c1-5-20-21(22-10-9-19(14-33-22)38-26(42-25(29)30)34-35(4)27(38)40)11-12-32-23(20)36-15-16(2)37(28(36)41)18-8-6-7-17(13-18)24(39)31-3/h6-14,16,25H,5,15H2,1-4H3,(H,31,39)/t16-/m1/s1. The zero-order chi connectivity index (χ0) is 30.1. The molecule has 3 amide bonds. The second-order valence-electron chi connectivity index (χ2n) is 9.56. The van der Waals surface area contributed by atoms with Gasteiger partial charge in [0, 0.05) is 49.2 Å². The number of hydrogen-bond acceptors (Lipinski definition) is 7. The SMILES string of the molecule is CCc1c(-c2ccc(-n3c(OC(F)F)nn(C)c3=O)cn2)ccnc1N1C[C@@H](C)N(c2cccc(C(=O)NC)c2)C1=O. The van der Waals surface area contributed by atoms with E-state index in [0.29, 0.717) is 35.7 Å². The molecule has 0 aliphatic carbocycles. The zero-order valence-electron chi connectivity index (χ0n) is 23.3. The molecule has 1 atom stereocenters. The number of carbonyl (C=O) groups excluding carboxylic acids is 2. The van der Waals surface area contributed by atoms with Crippen molar-refractivity contribution < 1.29 is 23.1 Å². The largest absolute Gasteiger partial charge is 0.401 e. The monoisotopic (exact) mass is 578 g/mol. The first-order chi connectivity index (χ1) is 20.1. The summed E-state index contributed by atoms with van der Waals surface area (Å²) in [5.41, 5.74) is 2.59. The molecular weight excluding hydrogens is 550 g/mol. The van der Waals surface area contributed by atoms with Crippen molar-refractivity contribution in [3.05, 3.63) is 76.5 Å². The Bertz CT molecular complexity index is 1700. The summed E-state index contributed by atoms with van der Waals surface area (Å²) < 4.78 is 31.9. The molecule has 42 heavy (non-hydrogen) atoms. The summed E-state index contributed by atoms with van der Waals surface area (Å²) in [6.07, 6.45) is 3.48. The maximum atomic E-state index is 13.7. The minimum absolute atomic E-state index is 0.193. The van der Waals surface area contributed by atoms with Gasteiger partial charge in [0.1, 0.15) is 5.82 Å². The summed E-state index contributed by atoms with van der Waals surface area (Å²) >= 11 is 0. The Balaban J connectivity index is 1.48. The molecule has 1 aromatic carbocycles. The number of alkyl halides is 2. The summed E-state index contributed by atoms with van der Waals surface area (Å²) in [6, 6.07) is 10.8. The van der Waals surface area contributed by atoms with Crippen LogP contribution < -0.4 is 25.5 Å². The number of halogens is 2. The number of amides is 3. The predicted molar refractivity (Wildman–Crippen MR) is 150 cm³/mol. The third-order valence-corrected chi connectivity index (χ3v) is 6.95. The molecule has 1 N–H and O–H groups in total. The summed E-state index contributed by atoms with van der Waals surface area (Å²) in [5.74, 6) is 0.235. The van der Waals surface area contributed by atoms with E-state index in [4.69, 9.17) is 0 Å². The second kappa shape index (κ2) is 11.4. The second-order valence-corrected chi connectivity index (χ2v) is 9.56. The lowest BCUT2D eigenvalue weighted by Crippen LogP contribution is -2.34. The first-order valence-corrected chi connectivity index (χ1v) is 13.1. The van der Waals surface area contributed by atoms with Gasteiger partial charge in [-0.3, -0.25) is 19.6 Å². The van der Waals surface area contributed by atoms with Crippen molar-refractivity contribution in [1.29, 1.82) is 0 Å². The van der Waals surface area contributed by atoms with E-state index in [1.54, 1.807) is 65.5 Å². The van der Waals surface area contributed by atoms with E-state index in [1.807, 2.05) is 13.8 Å². The Morgan fingerprint density at radius 2 is 1.93 bits per heavy atom. The summed E-state index contributed by atoms with van der Waals surface area (Å²) in [4.78, 5) is 50.7. The predicted octanol–water partition coefficient (Wildman–Crippen LogP) is 3.39. The van der Waals surface area contributed by atoms with Gasteiger partial charge in [-0.2, -0.15) is 8.78 Å². The van der Waals surface area contributed by atoms with E-state index >= 15 is 0 Å². The smallest absolute Gasteiger partial charge is 0.389 e. The van der Waals surface area contributed by atoms with Gasteiger partial charge < -0.3 is 10.1 Å². The van der Waals surface area contributed by atoms with E-state index in [9.17, 15) is 23.2 Å². The number of rotatable bonds is 8. The number of urea groups is 1. The number of carbonyl (C=O) groups is 2. The first kappa shape index (κ1) is 28.4. The normalized spacial score (nSPS) is 15.0. The van der Waals surface area contributed by atoms with Crippen LogP contribution in [-0.4, -0.2) is 62.5 Å². The molecule has 1 fully saturated rings. The minimum Gasteiger partial charge on any atom is -0.401 e. The van der Waals surface area contributed by atoms with Crippen LogP contribution in [0.15, 0.2) is 59.7 Å². The molecule has 1 aliphatic heterocycles. The van der Waals surface area contributed by atoms with Crippen LogP contribution in [0.2, 0.25) is 0 Å². The van der Waals surface area contributed by atoms with Crippen molar-refractivity contribution in [2.75, 3.05) is 23.4 Å². The molecule has 218 valence electrons. The molecule has 4 aromatic rings. The molecule has 0 spiro atoms. The highest BCUT2D eigenvalue weighted by atomic mass is 19.3. The highest BCUT2D eigenvalue weighted by Gasteiger charge is 2.38. The van der Waals surface area contributed by atoms with Gasteiger partial charge in [-0.15, -0.1) is 5.10 Å². The van der Waals surface area contributed by atoms with Gasteiger partial charge in [0.15, 0.2) is 0 Å². The van der Waals surface area contributed by atoms with Gasteiger partial charge in [0.2, 0.25) is 0 Å². The fourth-order valence-corrected chi connectivity index (χ4v) is 5.03. The fraction of sp³-hybridized carbons (Fsp3) is 0.286. The Labute approximate surface area is 239 Å². The van der Waals surface area contributed by atoms with Crippen LogP contribution in [0.4, 0.5) is 25.1 Å². The molecule has 14 heteroatoms. The van der Waals surface area contributed by atoms with Crippen LogP contribution >= 0.6 is 0 Å². The molecule has 0 radical (unpaired) electrons. The topological polar surface area (TPSA) is 127 Å². The highest BCUT2D eigenvalue weighted by molar-refractivity contribution is 6.07. The van der Waals surface area contributed by atoms with E-state index in [0.717, 1.165) is 20.4 Å². The fourth-order valence-electron chi connectivity index (χ4n) is 5.03. The lowest BCUT2D eigenvalue weighted by Gasteiger charge is -2.22. The van der Waals surface area contributed by atoms with Crippen molar-refractivity contribution in [2.24, 2.45) is 7.05 Å². The summed E-state index contributed by atoms with van der Waals surface area (Å²) in [7, 11) is 2.87. The molecule has 4 heterocycles. The number of aryl methyl sites for hydroxylation is 1. The van der Waals surface area contributed by atoms with Gasteiger partial charge in [0.05, 0.1) is 23.6 Å². The van der Waals surface area contributed by atoms with Crippen molar-refractivity contribution in [3.8, 4) is 23.0 Å². The van der Waals surface area contributed by atoms with E-state index in [1.165, 1.54) is 13.2 Å². The minimum atomic E-state index is -3.16. The molecule has 1 aliphatic rings. The van der Waals surface area contributed by atoms with Crippen LogP contribution in [0, 0.1) is 0 Å². The number of aromatic nitrogens is 5. The molecule has 0 saturated carbocycles. The third-order valence-electron chi connectivity index (χ3n) is 6.95. The van der Waals surface area contributed by atoms with Crippen LogP contribution in [0.25, 0.3) is 16.9 Å². The number of pyridine rings is 2. The van der Waals surface area contributed by atoms with E-state index in [-0.39, 0.29) is 23.7 Å². The van der Waals surface area contributed by atoms with Crippen LogP contribution in [-0.2, 0) is 13.5 Å². The van der Waals surface area contributed by atoms with Crippen LogP contribution in [0.1, 0.15) is 29.8 Å². The van der Waals surface area contributed by atoms with Crippen molar-refractivity contribution in [1.82, 2.24) is 29.6 Å². The molecule has 0 bridgehead atoms. The maximum Gasteiger partial charge on any atom is 0.389 e. The molecule has 1 saturated heterocycles.